The van der Waals surface area contributed by atoms with E-state index < -0.39 is 0 Å². The highest BCUT2D eigenvalue weighted by Gasteiger charge is 2.21. The summed E-state index contributed by atoms with van der Waals surface area (Å²) in [7, 11) is 0. The normalized spacial score (nSPS) is 25.8. The number of hydrogen-bond donors (Lipinski definition) is 1. The Kier molecular flexibility index (Phi) is 5.35. The molecule has 1 saturated heterocycles. The molecule has 0 aromatic heterocycles. The average Bonchev–Trinajstić information content (AvgIpc) is 2.19. The summed E-state index contributed by atoms with van der Waals surface area (Å²) in [5.41, 5.74) is 0. The zero-order valence-electron chi connectivity index (χ0n) is 8.37. The van der Waals surface area contributed by atoms with Gasteiger partial charge in [-0.15, -0.1) is 0 Å². The van der Waals surface area contributed by atoms with Gasteiger partial charge in [0, 0.05) is 25.7 Å². The molecule has 1 N–H and O–H groups in total. The minimum absolute atomic E-state index is 0.244. The molecule has 3 heteroatoms. The summed E-state index contributed by atoms with van der Waals surface area (Å²) in [6.45, 7) is 4.93. The summed E-state index contributed by atoms with van der Waals surface area (Å²) in [6.07, 6.45) is 2.66. The lowest BCUT2D eigenvalue weighted by Crippen LogP contribution is -2.29. The van der Waals surface area contributed by atoms with Crippen LogP contribution in [0.1, 0.15) is 26.2 Å². The molecule has 3 nitrogen and oxygen atoms in total. The first-order valence-electron chi connectivity index (χ1n) is 5.18. The van der Waals surface area contributed by atoms with Crippen LogP contribution in [0.5, 0.6) is 0 Å². The third-order valence-electron chi connectivity index (χ3n) is 2.50. The van der Waals surface area contributed by atoms with Crippen molar-refractivity contribution < 1.29 is 14.6 Å². The average molecular weight is 188 g/mol. The van der Waals surface area contributed by atoms with Gasteiger partial charge >= 0.3 is 0 Å². The zero-order chi connectivity index (χ0) is 9.52. The molecule has 1 heterocycles. The quantitative estimate of drug-likeness (QED) is 0.659. The molecule has 0 amide bonds. The second kappa shape index (κ2) is 6.35. The first kappa shape index (κ1) is 11.0. The van der Waals surface area contributed by atoms with Gasteiger partial charge in [-0.3, -0.25) is 0 Å². The van der Waals surface area contributed by atoms with Crippen LogP contribution in [0.2, 0.25) is 0 Å². The van der Waals surface area contributed by atoms with E-state index in [1.807, 2.05) is 6.92 Å². The molecule has 1 aliphatic heterocycles. The topological polar surface area (TPSA) is 38.7 Å². The van der Waals surface area contributed by atoms with Crippen molar-refractivity contribution in [3.05, 3.63) is 0 Å². The second-order valence-corrected chi connectivity index (χ2v) is 3.53. The molecule has 0 aromatic carbocycles. The Bertz CT molecular complexity index is 121. The van der Waals surface area contributed by atoms with E-state index in [1.165, 1.54) is 0 Å². The van der Waals surface area contributed by atoms with Gasteiger partial charge in [0.25, 0.3) is 0 Å². The molecular weight excluding hydrogens is 168 g/mol. The highest BCUT2D eigenvalue weighted by atomic mass is 16.5. The van der Waals surface area contributed by atoms with Crippen molar-refractivity contribution in [2.24, 2.45) is 5.92 Å². The van der Waals surface area contributed by atoms with Crippen LogP contribution in [0.15, 0.2) is 0 Å². The van der Waals surface area contributed by atoms with Crippen molar-refractivity contribution in [1.29, 1.82) is 0 Å². The van der Waals surface area contributed by atoms with Crippen LogP contribution in [0.4, 0.5) is 0 Å². The summed E-state index contributed by atoms with van der Waals surface area (Å²) in [4.78, 5) is 0. The fraction of sp³-hybridized carbons (Fsp3) is 1.00. The molecule has 0 aromatic rings. The maximum absolute atomic E-state index is 9.74. The monoisotopic (exact) mass is 188 g/mol. The number of aliphatic hydroxyl groups excluding tert-OH is 1. The van der Waals surface area contributed by atoms with E-state index in [0.29, 0.717) is 19.1 Å². The number of aliphatic hydroxyl groups is 1. The van der Waals surface area contributed by atoms with Gasteiger partial charge in [-0.05, 0) is 26.2 Å². The molecule has 78 valence electrons. The Labute approximate surface area is 80.0 Å². The van der Waals surface area contributed by atoms with Crippen LogP contribution in [0.25, 0.3) is 0 Å². The highest BCUT2D eigenvalue weighted by Crippen LogP contribution is 2.19. The summed E-state index contributed by atoms with van der Waals surface area (Å²) in [5.74, 6) is 0.328. The molecule has 0 aliphatic carbocycles. The van der Waals surface area contributed by atoms with E-state index in [1.54, 1.807) is 0 Å². The molecule has 2 atom stereocenters. The van der Waals surface area contributed by atoms with Gasteiger partial charge in [-0.25, -0.2) is 0 Å². The van der Waals surface area contributed by atoms with Crippen LogP contribution < -0.4 is 0 Å². The van der Waals surface area contributed by atoms with Crippen LogP contribution in [-0.4, -0.2) is 37.6 Å². The number of ether oxygens (including phenoxy) is 2. The van der Waals surface area contributed by atoms with E-state index in [9.17, 15) is 5.11 Å². The van der Waals surface area contributed by atoms with Crippen molar-refractivity contribution in [2.75, 3.05) is 26.4 Å². The third kappa shape index (κ3) is 4.07. The molecule has 1 aliphatic rings. The lowest BCUT2D eigenvalue weighted by atomic mass is 9.94. The molecule has 1 rings (SSSR count). The number of rotatable bonds is 5. The highest BCUT2D eigenvalue weighted by molar-refractivity contribution is 4.71. The molecule has 0 spiro atoms. The fourth-order valence-corrected chi connectivity index (χ4v) is 1.65. The summed E-state index contributed by atoms with van der Waals surface area (Å²) < 4.78 is 10.5. The van der Waals surface area contributed by atoms with Crippen molar-refractivity contribution in [2.45, 2.75) is 32.3 Å². The summed E-state index contributed by atoms with van der Waals surface area (Å²) in [6, 6.07) is 0. The Morgan fingerprint density at radius 1 is 1.62 bits per heavy atom. The Balaban J connectivity index is 2.09. The summed E-state index contributed by atoms with van der Waals surface area (Å²) in [5, 5.41) is 9.74. The Morgan fingerprint density at radius 2 is 2.46 bits per heavy atom. The van der Waals surface area contributed by atoms with Crippen LogP contribution in [-0.2, 0) is 9.47 Å². The first-order chi connectivity index (χ1) is 6.34. The minimum atomic E-state index is -0.244. The van der Waals surface area contributed by atoms with E-state index in [0.717, 1.165) is 32.5 Å². The maximum atomic E-state index is 9.74. The van der Waals surface area contributed by atoms with Crippen molar-refractivity contribution >= 4 is 0 Å². The van der Waals surface area contributed by atoms with Gasteiger partial charge in [-0.2, -0.15) is 0 Å². The molecule has 0 radical (unpaired) electrons. The smallest absolute Gasteiger partial charge is 0.0612 e. The maximum Gasteiger partial charge on any atom is 0.0612 e. The molecule has 13 heavy (non-hydrogen) atoms. The van der Waals surface area contributed by atoms with Crippen LogP contribution >= 0.6 is 0 Å². The van der Waals surface area contributed by atoms with Gasteiger partial charge in [0.2, 0.25) is 0 Å². The minimum Gasteiger partial charge on any atom is -0.393 e. The SMILES string of the molecule is CCOCCC(O)C1CCCOC1. The Hall–Kier alpha value is -0.120. The first-order valence-corrected chi connectivity index (χ1v) is 5.18. The molecular formula is C10H20O3. The van der Waals surface area contributed by atoms with Crippen LogP contribution in [0, 0.1) is 5.92 Å². The largest absolute Gasteiger partial charge is 0.393 e. The molecule has 0 bridgehead atoms. The van der Waals surface area contributed by atoms with Gasteiger partial charge in [-0.1, -0.05) is 0 Å². The lowest BCUT2D eigenvalue weighted by Gasteiger charge is -2.26. The predicted molar refractivity (Wildman–Crippen MR) is 50.7 cm³/mol. The predicted octanol–water partition coefficient (Wildman–Crippen LogP) is 1.20. The van der Waals surface area contributed by atoms with E-state index >= 15 is 0 Å². The van der Waals surface area contributed by atoms with Crippen LogP contribution in [0.3, 0.4) is 0 Å². The standard InChI is InChI=1S/C10H20O3/c1-2-12-7-5-10(11)9-4-3-6-13-8-9/h9-11H,2-8H2,1H3. The molecule has 2 unspecified atom stereocenters. The van der Waals surface area contributed by atoms with Crippen molar-refractivity contribution in [1.82, 2.24) is 0 Å². The summed E-state index contributed by atoms with van der Waals surface area (Å²) >= 11 is 0. The van der Waals surface area contributed by atoms with E-state index in [-0.39, 0.29) is 6.10 Å². The van der Waals surface area contributed by atoms with E-state index in [4.69, 9.17) is 9.47 Å². The lowest BCUT2D eigenvalue weighted by molar-refractivity contribution is -0.0217. The van der Waals surface area contributed by atoms with Crippen molar-refractivity contribution in [3.63, 3.8) is 0 Å². The Morgan fingerprint density at radius 3 is 3.08 bits per heavy atom. The molecule has 1 fully saturated rings. The van der Waals surface area contributed by atoms with Gasteiger partial charge in [0.1, 0.15) is 0 Å². The molecule has 0 saturated carbocycles. The zero-order valence-corrected chi connectivity index (χ0v) is 8.37. The van der Waals surface area contributed by atoms with Gasteiger partial charge < -0.3 is 14.6 Å². The fourth-order valence-electron chi connectivity index (χ4n) is 1.65. The number of hydrogen-bond acceptors (Lipinski definition) is 3. The third-order valence-corrected chi connectivity index (χ3v) is 2.50. The van der Waals surface area contributed by atoms with Crippen molar-refractivity contribution in [3.8, 4) is 0 Å². The van der Waals surface area contributed by atoms with Gasteiger partial charge in [0.05, 0.1) is 12.7 Å². The second-order valence-electron chi connectivity index (χ2n) is 3.53. The van der Waals surface area contributed by atoms with Gasteiger partial charge in [0.15, 0.2) is 0 Å². The van der Waals surface area contributed by atoms with E-state index in [2.05, 4.69) is 0 Å².